The van der Waals surface area contributed by atoms with E-state index in [4.69, 9.17) is 4.99 Å². The number of rotatable bonds is 8. The van der Waals surface area contributed by atoms with Gasteiger partial charge in [-0.3, -0.25) is 0 Å². The first-order valence-electron chi connectivity index (χ1n) is 10.2. The van der Waals surface area contributed by atoms with Gasteiger partial charge in [0.05, 0.1) is 0 Å². The van der Waals surface area contributed by atoms with Gasteiger partial charge in [-0.2, -0.15) is 0 Å². The van der Waals surface area contributed by atoms with Gasteiger partial charge in [0.2, 0.25) is 0 Å². The van der Waals surface area contributed by atoms with Crippen molar-refractivity contribution in [3.8, 4) is 0 Å². The van der Waals surface area contributed by atoms with E-state index < -0.39 is 0 Å². The number of alkyl halides is 1. The molecule has 5 heteroatoms. The minimum atomic E-state index is -0.338. The summed E-state index contributed by atoms with van der Waals surface area (Å²) in [6.45, 7) is 8.94. The van der Waals surface area contributed by atoms with Crippen molar-refractivity contribution in [1.82, 2.24) is 8.85 Å². The van der Waals surface area contributed by atoms with Crippen LogP contribution in [0.15, 0.2) is 4.99 Å². The summed E-state index contributed by atoms with van der Waals surface area (Å²) in [6, 6.07) is 0.683. The number of nitrogens with zero attached hydrogens (tertiary/aromatic N) is 1. The molecule has 1 aliphatic heterocycles. The summed E-state index contributed by atoms with van der Waals surface area (Å²) in [4.78, 5) is 5.19. The number of aliphatic imine (C=N–C) groups is 1. The quantitative estimate of drug-likeness (QED) is 0.276. The zero-order chi connectivity index (χ0) is 18.4. The second kappa shape index (κ2) is 9.88. The topological polar surface area (TPSA) is 56.6 Å². The molecular formula is C20H39IN3O-. The first-order chi connectivity index (χ1) is 11.9. The van der Waals surface area contributed by atoms with Crippen molar-refractivity contribution in [2.75, 3.05) is 11.5 Å². The van der Waals surface area contributed by atoms with E-state index in [0.29, 0.717) is 12.0 Å². The van der Waals surface area contributed by atoms with E-state index >= 15 is 0 Å². The van der Waals surface area contributed by atoms with Gasteiger partial charge in [-0.05, 0) is 0 Å². The number of hydrogen-bond acceptors (Lipinski definition) is 4. The van der Waals surface area contributed by atoms with Crippen molar-refractivity contribution in [2.45, 2.75) is 90.8 Å². The molecule has 0 saturated heterocycles. The first kappa shape index (κ1) is 21.4. The minimum absolute atomic E-state index is 0.0150. The number of fused-ring (bicyclic) bond motifs is 1. The SMILES string of the molecule is CCCC(C)(C[C@H](O)[C@@H](NC)C(C)C)C1=N[C@@H]2CC2CCCC[I-]N1. The second-order valence-electron chi connectivity index (χ2n) is 8.59. The summed E-state index contributed by atoms with van der Waals surface area (Å²) in [5, 5.41) is 14.3. The Bertz CT molecular complexity index is 443. The van der Waals surface area contributed by atoms with Crippen LogP contribution in [0.1, 0.15) is 72.6 Å². The molecule has 0 amide bonds. The Labute approximate surface area is 165 Å². The van der Waals surface area contributed by atoms with Gasteiger partial charge in [0.15, 0.2) is 0 Å². The summed E-state index contributed by atoms with van der Waals surface area (Å²) in [6.07, 6.45) is 8.07. The Morgan fingerprint density at radius 2 is 2.16 bits per heavy atom. The van der Waals surface area contributed by atoms with E-state index in [1.807, 2.05) is 7.05 Å². The molecule has 1 aliphatic carbocycles. The van der Waals surface area contributed by atoms with Crippen LogP contribution in [0.5, 0.6) is 0 Å². The van der Waals surface area contributed by atoms with Crippen LogP contribution in [-0.2, 0) is 0 Å². The van der Waals surface area contributed by atoms with E-state index in [0.717, 1.165) is 25.2 Å². The second-order valence-corrected chi connectivity index (χ2v) is 11.0. The number of nitrogens with one attached hydrogen (secondary N) is 2. The third-order valence-corrected chi connectivity index (χ3v) is 8.08. The van der Waals surface area contributed by atoms with Crippen molar-refractivity contribution in [1.29, 1.82) is 0 Å². The van der Waals surface area contributed by atoms with Gasteiger partial charge in [0.25, 0.3) is 0 Å². The van der Waals surface area contributed by atoms with Crippen LogP contribution in [0.2, 0.25) is 0 Å². The average molecular weight is 464 g/mol. The van der Waals surface area contributed by atoms with Crippen molar-refractivity contribution >= 4 is 5.84 Å². The fraction of sp³-hybridized carbons (Fsp3) is 0.950. The van der Waals surface area contributed by atoms with Gasteiger partial charge in [-0.15, -0.1) is 0 Å². The fourth-order valence-corrected chi connectivity index (χ4v) is 6.61. The van der Waals surface area contributed by atoms with E-state index in [1.165, 1.54) is 35.9 Å². The Kier molecular flexibility index (Phi) is 8.47. The van der Waals surface area contributed by atoms with Crippen molar-refractivity contribution in [3.63, 3.8) is 0 Å². The maximum atomic E-state index is 10.9. The molecular weight excluding hydrogens is 425 g/mol. The number of likely N-dealkylation sites (N-methyl/N-ethyl adjacent to an activating group) is 1. The molecule has 5 atom stereocenters. The summed E-state index contributed by atoms with van der Waals surface area (Å²) in [5.41, 5.74) is -0.0375. The number of aliphatic hydroxyl groups excluding tert-OH is 1. The third-order valence-electron chi connectivity index (χ3n) is 5.89. The van der Waals surface area contributed by atoms with Crippen LogP contribution in [0.4, 0.5) is 0 Å². The molecule has 0 aromatic rings. The molecule has 1 saturated carbocycles. The molecule has 0 bridgehead atoms. The molecule has 0 aromatic carbocycles. The monoisotopic (exact) mass is 464 g/mol. The molecule has 4 nitrogen and oxygen atoms in total. The Balaban J connectivity index is 2.17. The van der Waals surface area contributed by atoms with Crippen molar-refractivity contribution in [2.24, 2.45) is 22.2 Å². The van der Waals surface area contributed by atoms with Crippen LogP contribution >= 0.6 is 0 Å². The van der Waals surface area contributed by atoms with E-state index in [2.05, 4.69) is 36.5 Å². The van der Waals surface area contributed by atoms with Gasteiger partial charge in [0.1, 0.15) is 0 Å². The van der Waals surface area contributed by atoms with E-state index in [9.17, 15) is 5.11 Å². The van der Waals surface area contributed by atoms with Gasteiger partial charge < -0.3 is 0 Å². The Morgan fingerprint density at radius 1 is 1.40 bits per heavy atom. The molecule has 2 rings (SSSR count). The van der Waals surface area contributed by atoms with Crippen LogP contribution in [0, 0.1) is 17.3 Å². The predicted molar refractivity (Wildman–Crippen MR) is 103 cm³/mol. The van der Waals surface area contributed by atoms with E-state index in [1.54, 1.807) is 0 Å². The van der Waals surface area contributed by atoms with Crippen LogP contribution in [0.3, 0.4) is 0 Å². The van der Waals surface area contributed by atoms with Gasteiger partial charge in [-0.25, -0.2) is 0 Å². The normalized spacial score (nSPS) is 29.3. The molecule has 0 radical (unpaired) electrons. The van der Waals surface area contributed by atoms with Crippen molar-refractivity contribution in [3.05, 3.63) is 0 Å². The standard InChI is InChI=1S/C20H39IN3O/c1-6-10-20(4,13-17(25)18(22-5)14(2)3)19-23-16-12-15(16)9-7-8-11-21-24-19/h14-18,22,25H,6-13H2,1-5H3,(H,23,24)/q-1/t15?,16-,17+,18+,20?/m1/s1. The predicted octanol–water partition coefficient (Wildman–Crippen LogP) is 0.352. The average Bonchev–Trinajstić information content (AvgIpc) is 3.29. The summed E-state index contributed by atoms with van der Waals surface area (Å²) in [5.74, 6) is 2.46. The molecule has 25 heavy (non-hydrogen) atoms. The Hall–Kier alpha value is 0.120. The molecule has 3 N–H and O–H groups in total. The third kappa shape index (κ3) is 6.06. The van der Waals surface area contributed by atoms with Crippen LogP contribution in [-0.4, -0.2) is 40.6 Å². The maximum absolute atomic E-state index is 10.9. The first-order valence-corrected chi connectivity index (χ1v) is 12.8. The van der Waals surface area contributed by atoms with Crippen LogP contribution < -0.4 is 30.3 Å². The molecule has 148 valence electrons. The zero-order valence-corrected chi connectivity index (χ0v) is 19.0. The molecule has 2 aliphatic rings. The van der Waals surface area contributed by atoms with Gasteiger partial charge in [-0.1, -0.05) is 0 Å². The summed E-state index contributed by atoms with van der Waals surface area (Å²) < 4.78 is 5.13. The fourth-order valence-electron chi connectivity index (χ4n) is 4.27. The van der Waals surface area contributed by atoms with Gasteiger partial charge >= 0.3 is 166 Å². The molecule has 1 fully saturated rings. The van der Waals surface area contributed by atoms with E-state index in [-0.39, 0.29) is 39.0 Å². The zero-order valence-electron chi connectivity index (χ0n) is 16.8. The molecule has 0 spiro atoms. The van der Waals surface area contributed by atoms with Crippen molar-refractivity contribution < 1.29 is 26.6 Å². The number of aliphatic hydroxyl groups is 1. The molecule has 1 heterocycles. The Morgan fingerprint density at radius 3 is 2.80 bits per heavy atom. The molecule has 2 unspecified atom stereocenters. The molecule has 0 aromatic heterocycles. The summed E-state index contributed by atoms with van der Waals surface area (Å²) in [7, 11) is 1.96. The summed E-state index contributed by atoms with van der Waals surface area (Å²) >= 11 is -0.0150. The number of hydrogen-bond donors (Lipinski definition) is 3. The van der Waals surface area contributed by atoms with Gasteiger partial charge in [0, 0.05) is 0 Å². The number of halogens is 1. The number of amidine groups is 1. The van der Waals surface area contributed by atoms with Crippen LogP contribution in [0.25, 0.3) is 0 Å².